The highest BCUT2D eigenvalue weighted by Crippen LogP contribution is 1.81. The normalized spacial score (nSPS) is 12.2. The van der Waals surface area contributed by atoms with E-state index >= 15 is 0 Å². The summed E-state index contributed by atoms with van der Waals surface area (Å²) in [5.41, 5.74) is 5.25. The zero-order valence-electron chi connectivity index (χ0n) is 5.41. The Morgan fingerprint density at radius 3 is 2.80 bits per heavy atom. The van der Waals surface area contributed by atoms with E-state index in [1.54, 1.807) is 0 Å². The van der Waals surface area contributed by atoms with Crippen LogP contribution in [0.25, 0.3) is 0 Å². The van der Waals surface area contributed by atoms with E-state index in [0.29, 0.717) is 6.29 Å². The Balaban J connectivity index is 3.51. The second-order valence-corrected chi connectivity index (χ2v) is 2.07. The molecule has 0 saturated heterocycles. The van der Waals surface area contributed by atoms with Crippen molar-refractivity contribution in [2.45, 2.75) is 6.04 Å². The fourth-order valence-corrected chi connectivity index (χ4v) is 0.522. The zero-order valence-corrected chi connectivity index (χ0v) is 6.30. The number of aldehydes is 1. The lowest BCUT2D eigenvalue weighted by atomic mass is 10.3. The van der Waals surface area contributed by atoms with Gasteiger partial charge in [-0.15, -0.1) is 0 Å². The molecular weight excluding hydrogens is 152 g/mol. The number of amides is 1. The number of hydrogen-bond acceptors (Lipinski definition) is 4. The first kappa shape index (κ1) is 9.45. The van der Waals surface area contributed by atoms with E-state index in [4.69, 9.17) is 5.73 Å². The SMILES string of the molecule is N[C@@H](CS)C(=O)NCC=O. The number of rotatable bonds is 4. The van der Waals surface area contributed by atoms with Gasteiger partial charge in [-0.25, -0.2) is 0 Å². The highest BCUT2D eigenvalue weighted by atomic mass is 32.1. The van der Waals surface area contributed by atoms with Crippen LogP contribution in [-0.2, 0) is 9.59 Å². The molecule has 0 saturated carbocycles. The van der Waals surface area contributed by atoms with Crippen molar-refractivity contribution < 1.29 is 9.59 Å². The van der Waals surface area contributed by atoms with Crippen LogP contribution in [0.4, 0.5) is 0 Å². The van der Waals surface area contributed by atoms with Crippen molar-refractivity contribution in [3.63, 3.8) is 0 Å². The maximum atomic E-state index is 10.7. The van der Waals surface area contributed by atoms with Crippen molar-refractivity contribution in [3.05, 3.63) is 0 Å². The fraction of sp³-hybridized carbons (Fsp3) is 0.600. The van der Waals surface area contributed by atoms with E-state index in [9.17, 15) is 9.59 Å². The molecule has 0 aliphatic rings. The van der Waals surface area contributed by atoms with Crippen molar-refractivity contribution in [2.75, 3.05) is 12.3 Å². The monoisotopic (exact) mass is 162 g/mol. The minimum absolute atomic E-state index is 0.0142. The molecule has 58 valence electrons. The second kappa shape index (κ2) is 5.25. The average molecular weight is 162 g/mol. The van der Waals surface area contributed by atoms with Gasteiger partial charge in [0, 0.05) is 5.75 Å². The molecule has 4 nitrogen and oxygen atoms in total. The van der Waals surface area contributed by atoms with Crippen molar-refractivity contribution in [1.82, 2.24) is 5.32 Å². The number of carbonyl (C=O) groups excluding carboxylic acids is 2. The van der Waals surface area contributed by atoms with Crippen LogP contribution in [0.15, 0.2) is 0 Å². The Kier molecular flexibility index (Phi) is 4.96. The quantitative estimate of drug-likeness (QED) is 0.350. The molecule has 0 aliphatic heterocycles. The molecule has 1 amide bonds. The van der Waals surface area contributed by atoms with Gasteiger partial charge >= 0.3 is 0 Å². The van der Waals surface area contributed by atoms with Crippen molar-refractivity contribution in [3.8, 4) is 0 Å². The lowest BCUT2D eigenvalue weighted by Crippen LogP contribution is -2.42. The third-order valence-electron chi connectivity index (χ3n) is 0.893. The van der Waals surface area contributed by atoms with E-state index < -0.39 is 6.04 Å². The van der Waals surface area contributed by atoms with Crippen LogP contribution >= 0.6 is 12.6 Å². The Morgan fingerprint density at radius 2 is 2.40 bits per heavy atom. The van der Waals surface area contributed by atoms with E-state index in [-0.39, 0.29) is 18.2 Å². The molecule has 0 bridgehead atoms. The van der Waals surface area contributed by atoms with Gasteiger partial charge in [-0.1, -0.05) is 0 Å². The summed E-state index contributed by atoms with van der Waals surface area (Å²) in [6, 6.07) is -0.622. The van der Waals surface area contributed by atoms with Crippen LogP contribution in [0.1, 0.15) is 0 Å². The van der Waals surface area contributed by atoms with E-state index in [2.05, 4.69) is 17.9 Å². The summed E-state index contributed by atoms with van der Waals surface area (Å²) >= 11 is 3.80. The second-order valence-electron chi connectivity index (χ2n) is 1.70. The van der Waals surface area contributed by atoms with Crippen LogP contribution in [0.2, 0.25) is 0 Å². The molecule has 0 heterocycles. The summed E-state index contributed by atoms with van der Waals surface area (Å²) in [4.78, 5) is 20.4. The molecule has 0 aromatic carbocycles. The fourth-order valence-electron chi connectivity index (χ4n) is 0.356. The number of nitrogens with two attached hydrogens (primary N) is 1. The third kappa shape index (κ3) is 3.47. The highest BCUT2D eigenvalue weighted by Gasteiger charge is 2.08. The molecule has 0 aromatic heterocycles. The van der Waals surface area contributed by atoms with Gasteiger partial charge in [0.05, 0.1) is 12.6 Å². The molecule has 0 aromatic rings. The van der Waals surface area contributed by atoms with Gasteiger partial charge in [-0.2, -0.15) is 12.6 Å². The van der Waals surface area contributed by atoms with Crippen molar-refractivity contribution in [2.24, 2.45) is 5.73 Å². The van der Waals surface area contributed by atoms with Gasteiger partial charge in [0.15, 0.2) is 0 Å². The summed E-state index contributed by atoms with van der Waals surface area (Å²) in [6.45, 7) is 0.0142. The molecule has 10 heavy (non-hydrogen) atoms. The maximum Gasteiger partial charge on any atom is 0.238 e. The molecule has 0 aliphatic carbocycles. The molecule has 5 heteroatoms. The molecule has 0 spiro atoms. The predicted molar refractivity (Wildman–Crippen MR) is 40.9 cm³/mol. The Labute approximate surface area is 64.6 Å². The van der Waals surface area contributed by atoms with Gasteiger partial charge < -0.3 is 15.8 Å². The third-order valence-corrected chi connectivity index (χ3v) is 1.29. The van der Waals surface area contributed by atoms with Crippen LogP contribution < -0.4 is 11.1 Å². The lowest BCUT2D eigenvalue weighted by molar-refractivity contribution is -0.123. The predicted octanol–water partition coefficient (Wildman–Crippen LogP) is -1.44. The summed E-state index contributed by atoms with van der Waals surface area (Å²) in [5.74, 6) is -0.0628. The minimum Gasteiger partial charge on any atom is -0.348 e. The number of nitrogens with one attached hydrogen (secondary N) is 1. The first-order valence-electron chi connectivity index (χ1n) is 2.80. The Morgan fingerprint density at radius 1 is 1.80 bits per heavy atom. The molecule has 0 unspecified atom stereocenters. The van der Waals surface area contributed by atoms with E-state index in [1.807, 2.05) is 0 Å². The van der Waals surface area contributed by atoms with Gasteiger partial charge in [-0.05, 0) is 0 Å². The highest BCUT2D eigenvalue weighted by molar-refractivity contribution is 7.80. The summed E-state index contributed by atoms with van der Waals surface area (Å²) in [7, 11) is 0. The van der Waals surface area contributed by atoms with Crippen LogP contribution in [0.5, 0.6) is 0 Å². The van der Waals surface area contributed by atoms with Crippen molar-refractivity contribution >= 4 is 24.8 Å². The molecule has 0 fully saturated rings. The number of carbonyl (C=O) groups is 2. The molecule has 1 atom stereocenters. The molecule has 3 N–H and O–H groups in total. The zero-order chi connectivity index (χ0) is 7.98. The average Bonchev–Trinajstić information content (AvgIpc) is 1.98. The van der Waals surface area contributed by atoms with Crippen LogP contribution in [0.3, 0.4) is 0 Å². The summed E-state index contributed by atoms with van der Waals surface area (Å²) in [6.07, 6.45) is 0.600. The number of hydrogen-bond donors (Lipinski definition) is 3. The van der Waals surface area contributed by atoms with E-state index in [0.717, 1.165) is 0 Å². The minimum atomic E-state index is -0.622. The number of thiol groups is 1. The van der Waals surface area contributed by atoms with Crippen LogP contribution in [-0.4, -0.2) is 30.5 Å². The molecular formula is C5H10N2O2S. The Hall–Kier alpha value is -0.550. The molecule has 0 radical (unpaired) electrons. The topological polar surface area (TPSA) is 72.2 Å². The Bertz CT molecular complexity index is 129. The maximum absolute atomic E-state index is 10.7. The van der Waals surface area contributed by atoms with Gasteiger partial charge in [-0.3, -0.25) is 4.79 Å². The first-order valence-corrected chi connectivity index (χ1v) is 3.43. The van der Waals surface area contributed by atoms with Crippen molar-refractivity contribution in [1.29, 1.82) is 0 Å². The van der Waals surface area contributed by atoms with Gasteiger partial charge in [0.1, 0.15) is 6.29 Å². The largest absolute Gasteiger partial charge is 0.348 e. The van der Waals surface area contributed by atoms with Gasteiger partial charge in [0.2, 0.25) is 5.91 Å². The summed E-state index contributed by atoms with van der Waals surface area (Å²) in [5, 5.41) is 2.30. The van der Waals surface area contributed by atoms with Gasteiger partial charge in [0.25, 0.3) is 0 Å². The van der Waals surface area contributed by atoms with Crippen LogP contribution in [0, 0.1) is 0 Å². The smallest absolute Gasteiger partial charge is 0.238 e. The first-order chi connectivity index (χ1) is 4.72. The summed E-state index contributed by atoms with van der Waals surface area (Å²) < 4.78 is 0. The molecule has 0 rings (SSSR count). The lowest BCUT2D eigenvalue weighted by Gasteiger charge is -2.05. The standard InChI is InChI=1S/C5H10N2O2S/c6-4(3-10)5(9)7-1-2-8/h2,4,10H,1,3,6H2,(H,7,9)/t4-/m0/s1. The van der Waals surface area contributed by atoms with E-state index in [1.165, 1.54) is 0 Å².